The van der Waals surface area contributed by atoms with Gasteiger partial charge in [0.15, 0.2) is 0 Å². The second kappa shape index (κ2) is 9.56. The van der Waals surface area contributed by atoms with E-state index in [4.69, 9.17) is 4.74 Å². The molecule has 0 aliphatic carbocycles. The number of methoxy groups -OCH3 is 1. The molecule has 1 fully saturated rings. The van der Waals surface area contributed by atoms with Gasteiger partial charge >= 0.3 is 0 Å². The topological polar surface area (TPSA) is 50.4 Å². The zero-order valence-corrected chi connectivity index (χ0v) is 16.3. The lowest BCUT2D eigenvalue weighted by Crippen LogP contribution is -2.35. The zero-order chi connectivity index (χ0) is 19.1. The molecule has 0 aromatic heterocycles. The minimum Gasteiger partial charge on any atom is -0.497 e. The number of piperidine rings is 1. The van der Waals surface area contributed by atoms with E-state index in [9.17, 15) is 4.79 Å². The van der Waals surface area contributed by atoms with Crippen LogP contribution in [0.3, 0.4) is 0 Å². The van der Waals surface area contributed by atoms with E-state index in [0.29, 0.717) is 24.8 Å². The Bertz CT molecular complexity index is 736. The normalized spacial score (nSPS) is 17.9. The number of hydrogen-bond acceptors (Lipinski definition) is 3. The minimum absolute atomic E-state index is 0.143. The van der Waals surface area contributed by atoms with Crippen molar-refractivity contribution in [1.29, 1.82) is 0 Å². The molecule has 2 aromatic rings. The zero-order valence-electron chi connectivity index (χ0n) is 16.3. The molecule has 3 rings (SSSR count). The number of hydrogen-bond donors (Lipinski definition) is 2. The van der Waals surface area contributed by atoms with E-state index in [1.807, 2.05) is 18.2 Å². The van der Waals surface area contributed by atoms with Gasteiger partial charge in [0.25, 0.3) is 0 Å². The lowest BCUT2D eigenvalue weighted by molar-refractivity contribution is -0.122. The maximum Gasteiger partial charge on any atom is 0.220 e. The largest absolute Gasteiger partial charge is 0.497 e. The quantitative estimate of drug-likeness (QED) is 0.779. The predicted octanol–water partition coefficient (Wildman–Crippen LogP) is 4.00. The number of benzene rings is 2. The molecule has 0 radical (unpaired) electrons. The summed E-state index contributed by atoms with van der Waals surface area (Å²) in [5.74, 6) is 2.04. The molecular weight excluding hydrogens is 336 g/mol. The minimum atomic E-state index is 0.143. The van der Waals surface area contributed by atoms with Gasteiger partial charge in [-0.3, -0.25) is 4.79 Å². The highest BCUT2D eigenvalue weighted by Crippen LogP contribution is 2.24. The molecule has 27 heavy (non-hydrogen) atoms. The van der Waals surface area contributed by atoms with Crippen molar-refractivity contribution in [3.8, 4) is 16.9 Å². The SMILES string of the molecule is COc1cccc(-c2ccc(CNC(=O)CC(C)C3CCCNC3)cc2)c1. The van der Waals surface area contributed by atoms with Gasteiger partial charge in [-0.15, -0.1) is 0 Å². The van der Waals surface area contributed by atoms with E-state index in [1.165, 1.54) is 12.8 Å². The summed E-state index contributed by atoms with van der Waals surface area (Å²) in [4.78, 5) is 12.3. The average molecular weight is 367 g/mol. The van der Waals surface area contributed by atoms with Crippen molar-refractivity contribution in [2.75, 3.05) is 20.2 Å². The number of amides is 1. The molecule has 4 heteroatoms. The van der Waals surface area contributed by atoms with Crippen LogP contribution in [0.1, 0.15) is 31.7 Å². The van der Waals surface area contributed by atoms with E-state index >= 15 is 0 Å². The summed E-state index contributed by atoms with van der Waals surface area (Å²) in [5, 5.41) is 6.50. The molecule has 1 amide bonds. The Morgan fingerprint density at radius 3 is 2.74 bits per heavy atom. The highest BCUT2D eigenvalue weighted by molar-refractivity contribution is 5.76. The summed E-state index contributed by atoms with van der Waals surface area (Å²) in [6, 6.07) is 16.4. The third-order valence-corrected chi connectivity index (χ3v) is 5.49. The third kappa shape index (κ3) is 5.57. The summed E-state index contributed by atoms with van der Waals surface area (Å²) < 4.78 is 5.29. The Kier molecular flexibility index (Phi) is 6.88. The third-order valence-electron chi connectivity index (χ3n) is 5.49. The predicted molar refractivity (Wildman–Crippen MR) is 110 cm³/mol. The lowest BCUT2D eigenvalue weighted by Gasteiger charge is -2.28. The molecular formula is C23H30N2O2. The van der Waals surface area contributed by atoms with Crippen LogP contribution in [-0.2, 0) is 11.3 Å². The van der Waals surface area contributed by atoms with Crippen molar-refractivity contribution in [3.63, 3.8) is 0 Å². The van der Waals surface area contributed by atoms with Crippen LogP contribution in [0.25, 0.3) is 11.1 Å². The van der Waals surface area contributed by atoms with Crippen molar-refractivity contribution in [2.45, 2.75) is 32.7 Å². The first-order valence-corrected chi connectivity index (χ1v) is 9.86. The van der Waals surface area contributed by atoms with Gasteiger partial charge in [-0.25, -0.2) is 0 Å². The van der Waals surface area contributed by atoms with Crippen LogP contribution in [-0.4, -0.2) is 26.1 Å². The van der Waals surface area contributed by atoms with Gasteiger partial charge in [0, 0.05) is 13.0 Å². The Hall–Kier alpha value is -2.33. The van der Waals surface area contributed by atoms with Crippen LogP contribution in [0.5, 0.6) is 5.75 Å². The second-order valence-electron chi connectivity index (χ2n) is 7.49. The fraction of sp³-hybridized carbons (Fsp3) is 0.435. The molecule has 4 nitrogen and oxygen atoms in total. The van der Waals surface area contributed by atoms with Crippen LogP contribution >= 0.6 is 0 Å². The van der Waals surface area contributed by atoms with Crippen molar-refractivity contribution >= 4 is 5.91 Å². The first kappa shape index (κ1) is 19.4. The maximum absolute atomic E-state index is 12.3. The van der Waals surface area contributed by atoms with Gasteiger partial charge in [0.1, 0.15) is 5.75 Å². The maximum atomic E-state index is 12.3. The molecule has 2 atom stereocenters. The monoisotopic (exact) mass is 366 g/mol. The van der Waals surface area contributed by atoms with Gasteiger partial charge in [0.05, 0.1) is 7.11 Å². The van der Waals surface area contributed by atoms with Gasteiger partial charge in [-0.1, -0.05) is 43.3 Å². The van der Waals surface area contributed by atoms with Crippen molar-refractivity contribution < 1.29 is 9.53 Å². The fourth-order valence-corrected chi connectivity index (χ4v) is 3.71. The molecule has 144 valence electrons. The first-order valence-electron chi connectivity index (χ1n) is 9.86. The standard InChI is InChI=1S/C23H30N2O2/c1-17(21-6-4-12-24-16-21)13-23(26)25-15-18-8-10-19(11-9-18)20-5-3-7-22(14-20)27-2/h3,5,7-11,14,17,21,24H,4,6,12-13,15-16H2,1-2H3,(H,25,26). The molecule has 1 heterocycles. The van der Waals surface area contributed by atoms with Crippen LogP contribution in [0.4, 0.5) is 0 Å². The van der Waals surface area contributed by atoms with E-state index in [0.717, 1.165) is 35.5 Å². The number of ether oxygens (including phenoxy) is 1. The number of carbonyl (C=O) groups excluding carboxylic acids is 1. The molecule has 0 spiro atoms. The molecule has 1 aliphatic heterocycles. The molecule has 2 N–H and O–H groups in total. The fourth-order valence-electron chi connectivity index (χ4n) is 3.71. The van der Waals surface area contributed by atoms with Crippen molar-refractivity contribution in [1.82, 2.24) is 10.6 Å². The summed E-state index contributed by atoms with van der Waals surface area (Å²) in [6.45, 7) is 4.92. The van der Waals surface area contributed by atoms with Crippen LogP contribution < -0.4 is 15.4 Å². The van der Waals surface area contributed by atoms with Crippen LogP contribution in [0, 0.1) is 11.8 Å². The number of rotatable bonds is 7. The number of carbonyl (C=O) groups is 1. The Balaban J connectivity index is 1.50. The van der Waals surface area contributed by atoms with E-state index in [2.05, 4.69) is 47.9 Å². The Labute approximate surface area is 162 Å². The first-order chi connectivity index (χ1) is 13.2. The molecule has 2 aromatic carbocycles. The molecule has 1 aliphatic rings. The van der Waals surface area contributed by atoms with Crippen LogP contribution in [0.2, 0.25) is 0 Å². The van der Waals surface area contributed by atoms with Crippen molar-refractivity contribution in [2.24, 2.45) is 11.8 Å². The van der Waals surface area contributed by atoms with Crippen molar-refractivity contribution in [3.05, 3.63) is 54.1 Å². The van der Waals surface area contributed by atoms with Gasteiger partial charge < -0.3 is 15.4 Å². The summed E-state index contributed by atoms with van der Waals surface area (Å²) in [7, 11) is 1.68. The highest BCUT2D eigenvalue weighted by atomic mass is 16.5. The van der Waals surface area contributed by atoms with Crippen LogP contribution in [0.15, 0.2) is 48.5 Å². The Morgan fingerprint density at radius 2 is 2.04 bits per heavy atom. The van der Waals surface area contributed by atoms with Gasteiger partial charge in [-0.05, 0) is 66.6 Å². The average Bonchev–Trinajstić information content (AvgIpc) is 2.73. The highest BCUT2D eigenvalue weighted by Gasteiger charge is 2.21. The summed E-state index contributed by atoms with van der Waals surface area (Å²) in [6.07, 6.45) is 3.05. The molecule has 2 unspecified atom stereocenters. The molecule has 0 bridgehead atoms. The van der Waals surface area contributed by atoms with E-state index in [-0.39, 0.29) is 5.91 Å². The van der Waals surface area contributed by atoms with E-state index in [1.54, 1.807) is 7.11 Å². The van der Waals surface area contributed by atoms with E-state index < -0.39 is 0 Å². The lowest BCUT2D eigenvalue weighted by atomic mass is 9.85. The Morgan fingerprint density at radius 1 is 1.22 bits per heavy atom. The van der Waals surface area contributed by atoms with Gasteiger partial charge in [0.2, 0.25) is 5.91 Å². The summed E-state index contributed by atoms with van der Waals surface area (Å²) >= 11 is 0. The summed E-state index contributed by atoms with van der Waals surface area (Å²) in [5.41, 5.74) is 3.38. The molecule has 1 saturated heterocycles. The second-order valence-corrected chi connectivity index (χ2v) is 7.49. The smallest absolute Gasteiger partial charge is 0.220 e. The molecule has 0 saturated carbocycles. The number of nitrogens with one attached hydrogen (secondary N) is 2. The van der Waals surface area contributed by atoms with Gasteiger partial charge in [-0.2, -0.15) is 0 Å².